The Kier molecular flexibility index (Phi) is 2.77. The summed E-state index contributed by atoms with van der Waals surface area (Å²) in [6.07, 6.45) is 1.91. The summed E-state index contributed by atoms with van der Waals surface area (Å²) < 4.78 is 21.1. The molecule has 0 aliphatic carbocycles. The molecule has 0 aromatic heterocycles. The molecule has 2 atom stereocenters. The molecular formula is C13H12O5. The minimum Gasteiger partial charge on any atom is -0.454 e. The number of ether oxygens (including phenoxy) is 4. The summed E-state index contributed by atoms with van der Waals surface area (Å²) in [7, 11) is 1.53. The summed E-state index contributed by atoms with van der Waals surface area (Å²) >= 11 is 0. The van der Waals surface area contributed by atoms with Crippen molar-refractivity contribution in [1.82, 2.24) is 0 Å². The summed E-state index contributed by atoms with van der Waals surface area (Å²) in [5.41, 5.74) is 0.732. The van der Waals surface area contributed by atoms with Gasteiger partial charge in [-0.2, -0.15) is 0 Å². The van der Waals surface area contributed by atoms with Crippen LogP contribution in [0.1, 0.15) is 11.7 Å². The van der Waals surface area contributed by atoms with Crippen LogP contribution < -0.4 is 9.47 Å². The predicted molar refractivity (Wildman–Crippen MR) is 61.3 cm³/mol. The van der Waals surface area contributed by atoms with Gasteiger partial charge < -0.3 is 18.9 Å². The van der Waals surface area contributed by atoms with Crippen molar-refractivity contribution in [3.63, 3.8) is 0 Å². The van der Waals surface area contributed by atoms with Gasteiger partial charge in [0.25, 0.3) is 0 Å². The van der Waals surface area contributed by atoms with Gasteiger partial charge in [0.05, 0.1) is 0 Å². The topological polar surface area (TPSA) is 54.0 Å². The van der Waals surface area contributed by atoms with Crippen LogP contribution in [0.3, 0.4) is 0 Å². The van der Waals surface area contributed by atoms with Gasteiger partial charge in [0, 0.05) is 7.11 Å². The largest absolute Gasteiger partial charge is 0.454 e. The molecule has 0 N–H and O–H groups in total. The lowest BCUT2D eigenvalue weighted by Gasteiger charge is -2.24. The fourth-order valence-corrected chi connectivity index (χ4v) is 1.96. The van der Waals surface area contributed by atoms with Crippen molar-refractivity contribution in [2.45, 2.75) is 12.4 Å². The van der Waals surface area contributed by atoms with Gasteiger partial charge in [-0.15, -0.1) is 0 Å². The Bertz CT molecular complexity index is 508. The normalized spacial score (nSPS) is 25.5. The maximum absolute atomic E-state index is 11.8. The van der Waals surface area contributed by atoms with Crippen LogP contribution in [0.15, 0.2) is 30.4 Å². The number of ketones is 1. The quantitative estimate of drug-likeness (QED) is 0.795. The Morgan fingerprint density at radius 1 is 1.28 bits per heavy atom. The third-order valence-electron chi connectivity index (χ3n) is 2.88. The van der Waals surface area contributed by atoms with Crippen molar-refractivity contribution in [3.05, 3.63) is 35.9 Å². The number of rotatable bonds is 2. The van der Waals surface area contributed by atoms with Gasteiger partial charge in [0.1, 0.15) is 6.10 Å². The molecular weight excluding hydrogens is 236 g/mol. The van der Waals surface area contributed by atoms with E-state index in [4.69, 9.17) is 18.9 Å². The van der Waals surface area contributed by atoms with Gasteiger partial charge in [0.15, 0.2) is 23.6 Å². The minimum absolute atomic E-state index is 0.109. The van der Waals surface area contributed by atoms with Crippen molar-refractivity contribution < 1.29 is 23.7 Å². The molecule has 1 aromatic carbocycles. The lowest BCUT2D eigenvalue weighted by molar-refractivity contribution is -0.156. The van der Waals surface area contributed by atoms with Crippen LogP contribution in [-0.2, 0) is 14.3 Å². The van der Waals surface area contributed by atoms with Crippen LogP contribution in [0.25, 0.3) is 0 Å². The van der Waals surface area contributed by atoms with Gasteiger partial charge in [-0.25, -0.2) is 0 Å². The number of methoxy groups -OCH3 is 1. The maximum atomic E-state index is 11.8. The fourth-order valence-electron chi connectivity index (χ4n) is 1.96. The third kappa shape index (κ3) is 1.87. The first kappa shape index (κ1) is 11.3. The minimum atomic E-state index is -0.658. The van der Waals surface area contributed by atoms with E-state index in [0.717, 1.165) is 5.56 Å². The Labute approximate surface area is 104 Å². The van der Waals surface area contributed by atoms with E-state index in [1.807, 2.05) is 0 Å². The average molecular weight is 248 g/mol. The van der Waals surface area contributed by atoms with E-state index in [1.54, 1.807) is 24.3 Å². The van der Waals surface area contributed by atoms with E-state index >= 15 is 0 Å². The Morgan fingerprint density at radius 3 is 2.94 bits per heavy atom. The number of carbonyl (C=O) groups excluding carboxylic acids is 1. The van der Waals surface area contributed by atoms with Crippen molar-refractivity contribution in [3.8, 4) is 11.5 Å². The standard InChI is InChI=1S/C13H12O5/c1-15-12-5-3-9(14)13(18-12)8-2-4-10-11(6-8)17-7-16-10/h2-6,12-13H,7H2,1H3. The number of fused-ring (bicyclic) bond motifs is 1. The first-order valence-electron chi connectivity index (χ1n) is 5.58. The molecule has 18 heavy (non-hydrogen) atoms. The van der Waals surface area contributed by atoms with Crippen LogP contribution in [0.5, 0.6) is 11.5 Å². The van der Waals surface area contributed by atoms with Crippen LogP contribution in [0.4, 0.5) is 0 Å². The molecule has 94 valence electrons. The molecule has 5 nitrogen and oxygen atoms in total. The predicted octanol–water partition coefficient (Wildman–Crippen LogP) is 1.58. The van der Waals surface area contributed by atoms with Gasteiger partial charge in [-0.3, -0.25) is 4.79 Å². The lowest BCUT2D eigenvalue weighted by atomic mass is 10.0. The molecule has 2 aliphatic heterocycles. The second-order valence-electron chi connectivity index (χ2n) is 3.99. The van der Waals surface area contributed by atoms with Crippen LogP contribution in [0, 0.1) is 0 Å². The lowest BCUT2D eigenvalue weighted by Crippen LogP contribution is -2.26. The zero-order valence-electron chi connectivity index (χ0n) is 9.79. The first-order valence-corrected chi connectivity index (χ1v) is 5.58. The molecule has 1 aromatic rings. The Balaban J connectivity index is 1.90. The van der Waals surface area contributed by atoms with E-state index in [2.05, 4.69) is 0 Å². The molecule has 0 amide bonds. The zero-order chi connectivity index (χ0) is 12.5. The molecule has 0 bridgehead atoms. The van der Waals surface area contributed by atoms with Crippen LogP contribution in [0.2, 0.25) is 0 Å². The van der Waals surface area contributed by atoms with Gasteiger partial charge >= 0.3 is 0 Å². The SMILES string of the molecule is COC1C=CC(=O)C(c2ccc3c(c2)OCO3)O1. The summed E-state index contributed by atoms with van der Waals surface area (Å²) in [4.78, 5) is 11.8. The van der Waals surface area contributed by atoms with Crippen molar-refractivity contribution >= 4 is 5.78 Å². The molecule has 2 unspecified atom stereocenters. The molecule has 2 aliphatic rings. The molecule has 0 spiro atoms. The van der Waals surface area contributed by atoms with E-state index < -0.39 is 12.4 Å². The summed E-state index contributed by atoms with van der Waals surface area (Å²) in [5.74, 6) is 1.20. The second kappa shape index (κ2) is 4.44. The maximum Gasteiger partial charge on any atom is 0.231 e. The number of hydrogen-bond acceptors (Lipinski definition) is 5. The number of carbonyl (C=O) groups is 1. The fraction of sp³-hybridized carbons (Fsp3) is 0.308. The zero-order valence-corrected chi connectivity index (χ0v) is 9.79. The molecule has 0 radical (unpaired) electrons. The van der Waals surface area contributed by atoms with E-state index in [9.17, 15) is 4.79 Å². The number of benzene rings is 1. The summed E-state index contributed by atoms with van der Waals surface area (Å²) in [6.45, 7) is 0.207. The summed E-state index contributed by atoms with van der Waals surface area (Å²) in [5, 5.41) is 0. The van der Waals surface area contributed by atoms with Crippen LogP contribution in [-0.4, -0.2) is 26.0 Å². The van der Waals surface area contributed by atoms with Crippen molar-refractivity contribution in [2.24, 2.45) is 0 Å². The molecule has 3 rings (SSSR count). The molecule has 0 fully saturated rings. The van der Waals surface area contributed by atoms with E-state index in [-0.39, 0.29) is 12.6 Å². The molecule has 0 saturated carbocycles. The highest BCUT2D eigenvalue weighted by Gasteiger charge is 2.28. The highest BCUT2D eigenvalue weighted by molar-refractivity contribution is 5.95. The third-order valence-corrected chi connectivity index (χ3v) is 2.88. The van der Waals surface area contributed by atoms with Crippen molar-refractivity contribution in [2.75, 3.05) is 13.9 Å². The highest BCUT2D eigenvalue weighted by Crippen LogP contribution is 2.36. The monoisotopic (exact) mass is 248 g/mol. The van der Waals surface area contributed by atoms with Gasteiger partial charge in [0.2, 0.25) is 6.79 Å². The smallest absolute Gasteiger partial charge is 0.231 e. The average Bonchev–Trinajstić information content (AvgIpc) is 2.86. The summed E-state index contributed by atoms with van der Waals surface area (Å²) in [6, 6.07) is 5.33. The molecule has 0 saturated heterocycles. The molecule has 2 heterocycles. The second-order valence-corrected chi connectivity index (χ2v) is 3.99. The first-order chi connectivity index (χ1) is 8.78. The highest BCUT2D eigenvalue weighted by atomic mass is 16.7. The van der Waals surface area contributed by atoms with Crippen molar-refractivity contribution in [1.29, 1.82) is 0 Å². The van der Waals surface area contributed by atoms with Gasteiger partial charge in [-0.1, -0.05) is 6.07 Å². The number of hydrogen-bond donors (Lipinski definition) is 0. The van der Waals surface area contributed by atoms with Crippen LogP contribution >= 0.6 is 0 Å². The Hall–Kier alpha value is -1.85. The Morgan fingerprint density at radius 2 is 2.11 bits per heavy atom. The van der Waals surface area contributed by atoms with E-state index in [1.165, 1.54) is 13.2 Å². The molecule has 5 heteroatoms. The van der Waals surface area contributed by atoms with E-state index in [0.29, 0.717) is 11.5 Å². The van der Waals surface area contributed by atoms with Gasteiger partial charge in [-0.05, 0) is 29.8 Å².